The Morgan fingerprint density at radius 1 is 1.00 bits per heavy atom. The Kier molecular flexibility index (Phi) is 4.60. The molecule has 1 amide bonds. The highest BCUT2D eigenvalue weighted by Crippen LogP contribution is 2.34. The van der Waals surface area contributed by atoms with E-state index in [1.54, 1.807) is 6.07 Å². The van der Waals surface area contributed by atoms with Gasteiger partial charge in [-0.15, -0.1) is 0 Å². The van der Waals surface area contributed by atoms with Gasteiger partial charge >= 0.3 is 5.97 Å². The number of esters is 1. The van der Waals surface area contributed by atoms with Gasteiger partial charge in [0.2, 0.25) is 12.7 Å². The van der Waals surface area contributed by atoms with Crippen molar-refractivity contribution >= 4 is 11.9 Å². The second kappa shape index (κ2) is 7.40. The van der Waals surface area contributed by atoms with Crippen molar-refractivity contribution < 1.29 is 23.8 Å². The van der Waals surface area contributed by atoms with E-state index in [1.165, 1.54) is 5.56 Å². The molecule has 3 aliphatic rings. The van der Waals surface area contributed by atoms with Crippen LogP contribution in [0.25, 0.3) is 0 Å². The zero-order chi connectivity index (χ0) is 19.8. The zero-order valence-corrected chi connectivity index (χ0v) is 16.0. The van der Waals surface area contributed by atoms with Crippen molar-refractivity contribution in [3.05, 3.63) is 59.2 Å². The van der Waals surface area contributed by atoms with Crippen LogP contribution in [0.3, 0.4) is 0 Å². The molecule has 1 atom stereocenters. The van der Waals surface area contributed by atoms with Crippen LogP contribution in [-0.2, 0) is 16.1 Å². The molecule has 0 radical (unpaired) electrons. The number of rotatable bonds is 4. The summed E-state index contributed by atoms with van der Waals surface area (Å²) < 4.78 is 16.2. The average Bonchev–Trinajstić information content (AvgIpc) is 3.33. The number of hydrogen-bond donors (Lipinski definition) is 0. The molecule has 150 valence electrons. The highest BCUT2D eigenvalue weighted by Gasteiger charge is 2.33. The van der Waals surface area contributed by atoms with Crippen molar-refractivity contribution in [3.63, 3.8) is 0 Å². The molecular formula is C22H22N2O5. The first-order valence-electron chi connectivity index (χ1n) is 9.86. The molecule has 1 saturated heterocycles. The fraction of sp³-hybridized carbons (Fsp3) is 0.364. The highest BCUT2D eigenvalue weighted by molar-refractivity contribution is 5.94. The maximum Gasteiger partial charge on any atom is 0.339 e. The van der Waals surface area contributed by atoms with Crippen LogP contribution in [0.4, 0.5) is 0 Å². The molecule has 29 heavy (non-hydrogen) atoms. The number of fused-ring (bicyclic) bond motifs is 2. The van der Waals surface area contributed by atoms with Gasteiger partial charge in [-0.3, -0.25) is 9.69 Å². The van der Waals surface area contributed by atoms with Crippen molar-refractivity contribution in [2.45, 2.75) is 19.1 Å². The van der Waals surface area contributed by atoms with Crippen LogP contribution in [0.5, 0.6) is 11.5 Å². The zero-order valence-electron chi connectivity index (χ0n) is 16.0. The molecule has 0 bridgehead atoms. The second-order valence-corrected chi connectivity index (χ2v) is 7.53. The van der Waals surface area contributed by atoms with E-state index in [2.05, 4.69) is 11.0 Å². The predicted octanol–water partition coefficient (Wildman–Crippen LogP) is 2.36. The summed E-state index contributed by atoms with van der Waals surface area (Å²) in [6.07, 6.45) is -0.275. The van der Waals surface area contributed by atoms with Gasteiger partial charge in [0.15, 0.2) is 11.5 Å². The normalized spacial score (nSPS) is 20.5. The van der Waals surface area contributed by atoms with Crippen LogP contribution >= 0.6 is 0 Å². The average molecular weight is 394 g/mol. The first kappa shape index (κ1) is 18.0. The SMILES string of the molecule is O=C1OC(CC(=O)N2CCN(Cc3ccc4c(c3)OCO4)CC2)c2ccccc21. The summed E-state index contributed by atoms with van der Waals surface area (Å²) in [7, 11) is 0. The monoisotopic (exact) mass is 394 g/mol. The van der Waals surface area contributed by atoms with Crippen molar-refractivity contribution in [2.75, 3.05) is 33.0 Å². The van der Waals surface area contributed by atoms with Crippen LogP contribution in [-0.4, -0.2) is 54.6 Å². The number of carbonyl (C=O) groups is 2. The van der Waals surface area contributed by atoms with E-state index in [0.29, 0.717) is 18.7 Å². The van der Waals surface area contributed by atoms with Gasteiger partial charge in [0, 0.05) is 38.3 Å². The first-order valence-corrected chi connectivity index (χ1v) is 9.86. The molecule has 1 unspecified atom stereocenters. The molecule has 3 heterocycles. The van der Waals surface area contributed by atoms with Gasteiger partial charge in [0.25, 0.3) is 0 Å². The van der Waals surface area contributed by atoms with Gasteiger partial charge in [-0.05, 0) is 23.8 Å². The van der Waals surface area contributed by atoms with E-state index >= 15 is 0 Å². The molecular weight excluding hydrogens is 372 g/mol. The Bertz CT molecular complexity index is 952. The van der Waals surface area contributed by atoms with Crippen molar-refractivity contribution in [1.82, 2.24) is 9.80 Å². The lowest BCUT2D eigenvalue weighted by Crippen LogP contribution is -2.48. The molecule has 0 aliphatic carbocycles. The lowest BCUT2D eigenvalue weighted by molar-refractivity contribution is -0.135. The van der Waals surface area contributed by atoms with Crippen LogP contribution in [0, 0.1) is 0 Å². The molecule has 7 heteroatoms. The highest BCUT2D eigenvalue weighted by atomic mass is 16.7. The number of cyclic esters (lactones) is 1. The molecule has 3 aliphatic heterocycles. The third-order valence-electron chi connectivity index (χ3n) is 5.71. The second-order valence-electron chi connectivity index (χ2n) is 7.53. The maximum absolute atomic E-state index is 12.7. The molecule has 2 aromatic carbocycles. The van der Waals surface area contributed by atoms with Gasteiger partial charge in [0.1, 0.15) is 6.10 Å². The minimum atomic E-state index is -0.474. The van der Waals surface area contributed by atoms with Gasteiger partial charge < -0.3 is 19.1 Å². The van der Waals surface area contributed by atoms with Crippen LogP contribution in [0.1, 0.15) is 34.0 Å². The minimum Gasteiger partial charge on any atom is -0.454 e. The summed E-state index contributed by atoms with van der Waals surface area (Å²) in [5.74, 6) is 1.27. The number of amides is 1. The molecule has 1 fully saturated rings. The van der Waals surface area contributed by atoms with E-state index in [1.807, 2.05) is 35.2 Å². The lowest BCUT2D eigenvalue weighted by Gasteiger charge is -2.35. The molecule has 0 saturated carbocycles. The Balaban J connectivity index is 1.15. The van der Waals surface area contributed by atoms with Crippen LogP contribution in [0.15, 0.2) is 42.5 Å². The number of nitrogens with zero attached hydrogens (tertiary/aromatic N) is 2. The van der Waals surface area contributed by atoms with E-state index < -0.39 is 6.10 Å². The summed E-state index contributed by atoms with van der Waals surface area (Å²) >= 11 is 0. The molecule has 2 aromatic rings. The summed E-state index contributed by atoms with van der Waals surface area (Å²) in [4.78, 5) is 28.9. The van der Waals surface area contributed by atoms with Crippen LogP contribution < -0.4 is 9.47 Å². The molecule has 0 aromatic heterocycles. The van der Waals surface area contributed by atoms with E-state index in [4.69, 9.17) is 14.2 Å². The lowest BCUT2D eigenvalue weighted by atomic mass is 10.0. The van der Waals surface area contributed by atoms with Crippen molar-refractivity contribution in [2.24, 2.45) is 0 Å². The van der Waals surface area contributed by atoms with Gasteiger partial charge in [-0.2, -0.15) is 0 Å². The fourth-order valence-electron chi connectivity index (χ4n) is 4.11. The Labute approximate surface area is 168 Å². The Morgan fingerprint density at radius 2 is 1.79 bits per heavy atom. The number of hydrogen-bond acceptors (Lipinski definition) is 6. The molecule has 7 nitrogen and oxygen atoms in total. The molecule has 0 spiro atoms. The molecule has 5 rings (SSSR count). The number of ether oxygens (including phenoxy) is 3. The fourth-order valence-corrected chi connectivity index (χ4v) is 4.11. The summed E-state index contributed by atoms with van der Waals surface area (Å²) in [6, 6.07) is 13.3. The number of benzene rings is 2. The largest absolute Gasteiger partial charge is 0.454 e. The van der Waals surface area contributed by atoms with Gasteiger partial charge in [-0.25, -0.2) is 4.79 Å². The smallest absolute Gasteiger partial charge is 0.339 e. The third-order valence-corrected chi connectivity index (χ3v) is 5.71. The Hall–Kier alpha value is -3.06. The van der Waals surface area contributed by atoms with Gasteiger partial charge in [-0.1, -0.05) is 24.3 Å². The summed E-state index contributed by atoms with van der Waals surface area (Å²) in [5, 5.41) is 0. The van der Waals surface area contributed by atoms with E-state index in [-0.39, 0.29) is 25.1 Å². The number of carbonyl (C=O) groups excluding carboxylic acids is 2. The predicted molar refractivity (Wildman–Crippen MR) is 104 cm³/mol. The van der Waals surface area contributed by atoms with Gasteiger partial charge in [0.05, 0.1) is 12.0 Å². The first-order chi connectivity index (χ1) is 14.2. The molecule has 0 N–H and O–H groups in total. The van der Waals surface area contributed by atoms with Crippen molar-refractivity contribution in [1.29, 1.82) is 0 Å². The summed E-state index contributed by atoms with van der Waals surface area (Å²) in [5.41, 5.74) is 2.55. The quantitative estimate of drug-likeness (QED) is 0.742. The third kappa shape index (κ3) is 3.53. The maximum atomic E-state index is 12.7. The van der Waals surface area contributed by atoms with E-state index in [0.717, 1.165) is 36.7 Å². The minimum absolute atomic E-state index is 0.0298. The van der Waals surface area contributed by atoms with Crippen molar-refractivity contribution in [3.8, 4) is 11.5 Å². The topological polar surface area (TPSA) is 68.3 Å². The Morgan fingerprint density at radius 3 is 2.66 bits per heavy atom. The number of piperazine rings is 1. The summed E-state index contributed by atoms with van der Waals surface area (Å²) in [6.45, 7) is 4.05. The van der Waals surface area contributed by atoms with E-state index in [9.17, 15) is 9.59 Å². The standard InChI is InChI=1S/C22H22N2O5/c25-21(12-19-16-3-1-2-4-17(16)22(26)29-19)24-9-7-23(8-10-24)13-15-5-6-18-20(11-15)28-14-27-18/h1-6,11,19H,7-10,12-14H2. The van der Waals surface area contributed by atoms with Crippen LogP contribution in [0.2, 0.25) is 0 Å².